The molecule has 0 N–H and O–H groups in total. The third-order valence-electron chi connectivity index (χ3n) is 3.79. The van der Waals surface area contributed by atoms with Crippen LogP contribution in [0.25, 0.3) is 22.6 Å². The van der Waals surface area contributed by atoms with Crippen LogP contribution in [0.3, 0.4) is 0 Å². The fraction of sp³-hybridized carbons (Fsp3) is 0.176. The van der Waals surface area contributed by atoms with Crippen LogP contribution >= 0.6 is 0 Å². The molecule has 0 saturated heterocycles. The van der Waals surface area contributed by atoms with Crippen molar-refractivity contribution in [2.24, 2.45) is 0 Å². The summed E-state index contributed by atoms with van der Waals surface area (Å²) >= 11 is 0. The molecule has 0 fully saturated rings. The number of hydrogen-bond acceptors (Lipinski definition) is 7. The van der Waals surface area contributed by atoms with Gasteiger partial charge in [0, 0.05) is 12.6 Å². The van der Waals surface area contributed by atoms with Crippen LogP contribution in [0.15, 0.2) is 47.5 Å². The number of fused-ring (bicyclic) bond motifs is 1. The van der Waals surface area contributed by atoms with Gasteiger partial charge >= 0.3 is 0 Å². The number of aryl methyl sites for hydroxylation is 1. The Labute approximate surface area is 143 Å². The Bertz CT molecular complexity index is 1010. The topological polar surface area (TPSA) is 88.1 Å². The smallest absolute Gasteiger partial charge is 0.171 e. The van der Waals surface area contributed by atoms with E-state index >= 15 is 0 Å². The van der Waals surface area contributed by atoms with Crippen LogP contribution in [0.2, 0.25) is 0 Å². The fourth-order valence-electron chi connectivity index (χ4n) is 2.69. The highest BCUT2D eigenvalue weighted by molar-refractivity contribution is 5.84. The Hall–Kier alpha value is -3.42. The standard InChI is InChI=1S/C17H15N5O3/c1-3-22-16-13(20-17(22)14-9-19-25-21-14)8-18-10-15(16)24-12-6-4-5-11(7-12)23-2/h4-10H,3H2,1-2H3. The summed E-state index contributed by atoms with van der Waals surface area (Å²) in [6.07, 6.45) is 4.89. The predicted molar refractivity (Wildman–Crippen MR) is 89.6 cm³/mol. The summed E-state index contributed by atoms with van der Waals surface area (Å²) in [5.74, 6) is 2.63. The Balaban J connectivity index is 1.84. The molecule has 0 aliphatic carbocycles. The van der Waals surface area contributed by atoms with Crippen LogP contribution in [-0.4, -0.2) is 32.0 Å². The van der Waals surface area contributed by atoms with Crippen molar-refractivity contribution in [3.63, 3.8) is 0 Å². The maximum Gasteiger partial charge on any atom is 0.171 e. The molecule has 8 nitrogen and oxygen atoms in total. The number of ether oxygens (including phenoxy) is 2. The lowest BCUT2D eigenvalue weighted by Gasteiger charge is -2.10. The second-order valence-electron chi connectivity index (χ2n) is 5.26. The summed E-state index contributed by atoms with van der Waals surface area (Å²) in [6, 6.07) is 7.40. The maximum atomic E-state index is 6.04. The van der Waals surface area contributed by atoms with E-state index in [0.717, 1.165) is 11.3 Å². The highest BCUT2D eigenvalue weighted by Crippen LogP contribution is 2.33. The monoisotopic (exact) mass is 337 g/mol. The number of rotatable bonds is 5. The number of aromatic nitrogens is 5. The molecule has 3 aromatic heterocycles. The summed E-state index contributed by atoms with van der Waals surface area (Å²) < 4.78 is 18.0. The van der Waals surface area contributed by atoms with Gasteiger partial charge in [-0.2, -0.15) is 0 Å². The first-order chi connectivity index (χ1) is 12.3. The minimum Gasteiger partial charge on any atom is -0.497 e. The summed E-state index contributed by atoms with van der Waals surface area (Å²) in [4.78, 5) is 8.83. The second kappa shape index (κ2) is 6.23. The van der Waals surface area contributed by atoms with Gasteiger partial charge in [-0.3, -0.25) is 4.98 Å². The van der Waals surface area contributed by atoms with Gasteiger partial charge in [-0.25, -0.2) is 9.61 Å². The second-order valence-corrected chi connectivity index (χ2v) is 5.26. The molecule has 0 amide bonds. The molecular weight excluding hydrogens is 322 g/mol. The molecule has 0 aliphatic rings. The molecule has 3 heterocycles. The van der Waals surface area contributed by atoms with E-state index in [1.807, 2.05) is 35.8 Å². The summed E-state index contributed by atoms with van der Waals surface area (Å²) in [5.41, 5.74) is 2.10. The van der Waals surface area contributed by atoms with Crippen LogP contribution in [0.4, 0.5) is 0 Å². The maximum absolute atomic E-state index is 6.04. The van der Waals surface area contributed by atoms with E-state index in [4.69, 9.17) is 14.1 Å². The van der Waals surface area contributed by atoms with E-state index in [1.165, 1.54) is 6.20 Å². The average Bonchev–Trinajstić information content (AvgIpc) is 3.29. The summed E-state index contributed by atoms with van der Waals surface area (Å²) in [7, 11) is 1.62. The largest absolute Gasteiger partial charge is 0.497 e. The molecule has 0 saturated carbocycles. The fourth-order valence-corrected chi connectivity index (χ4v) is 2.69. The molecule has 8 heteroatoms. The minimum atomic E-state index is 0.561. The van der Waals surface area contributed by atoms with Gasteiger partial charge in [-0.1, -0.05) is 11.2 Å². The van der Waals surface area contributed by atoms with Crippen molar-refractivity contribution in [2.75, 3.05) is 7.11 Å². The Morgan fingerprint density at radius 3 is 2.80 bits per heavy atom. The molecule has 0 bridgehead atoms. The lowest BCUT2D eigenvalue weighted by molar-refractivity contribution is 0.308. The minimum absolute atomic E-state index is 0.561. The average molecular weight is 337 g/mol. The van der Waals surface area contributed by atoms with Crippen molar-refractivity contribution >= 4 is 11.0 Å². The molecule has 25 heavy (non-hydrogen) atoms. The van der Waals surface area contributed by atoms with Crippen LogP contribution in [0.1, 0.15) is 6.92 Å². The van der Waals surface area contributed by atoms with Crippen molar-refractivity contribution < 1.29 is 14.1 Å². The number of pyridine rings is 1. The van der Waals surface area contributed by atoms with Gasteiger partial charge < -0.3 is 14.0 Å². The first kappa shape index (κ1) is 15.1. The zero-order chi connectivity index (χ0) is 17.2. The predicted octanol–water partition coefficient (Wildman–Crippen LogP) is 3.30. The first-order valence-corrected chi connectivity index (χ1v) is 7.74. The van der Waals surface area contributed by atoms with Crippen molar-refractivity contribution in [1.82, 2.24) is 24.8 Å². The molecule has 0 unspecified atom stereocenters. The number of benzene rings is 1. The number of hydrogen-bond donors (Lipinski definition) is 0. The molecule has 0 radical (unpaired) electrons. The Morgan fingerprint density at radius 1 is 1.16 bits per heavy atom. The van der Waals surface area contributed by atoms with Crippen molar-refractivity contribution in [3.8, 4) is 28.8 Å². The Kier molecular flexibility index (Phi) is 3.77. The number of imidazole rings is 1. The number of nitrogens with zero attached hydrogens (tertiary/aromatic N) is 5. The van der Waals surface area contributed by atoms with Gasteiger partial charge in [-0.05, 0) is 24.2 Å². The van der Waals surface area contributed by atoms with E-state index in [1.54, 1.807) is 19.5 Å². The van der Waals surface area contributed by atoms with Crippen molar-refractivity contribution in [1.29, 1.82) is 0 Å². The molecular formula is C17H15N5O3. The van der Waals surface area contributed by atoms with Gasteiger partial charge in [0.25, 0.3) is 0 Å². The third kappa shape index (κ3) is 2.67. The van der Waals surface area contributed by atoms with E-state index in [0.29, 0.717) is 35.1 Å². The molecule has 0 spiro atoms. The number of methoxy groups -OCH3 is 1. The van der Waals surface area contributed by atoms with E-state index in [-0.39, 0.29) is 0 Å². The highest BCUT2D eigenvalue weighted by Gasteiger charge is 2.18. The van der Waals surface area contributed by atoms with E-state index in [2.05, 4.69) is 20.3 Å². The zero-order valence-electron chi connectivity index (χ0n) is 13.7. The van der Waals surface area contributed by atoms with Crippen LogP contribution in [-0.2, 0) is 6.54 Å². The van der Waals surface area contributed by atoms with Crippen LogP contribution in [0.5, 0.6) is 17.2 Å². The van der Waals surface area contributed by atoms with E-state index < -0.39 is 0 Å². The molecule has 4 aromatic rings. The van der Waals surface area contributed by atoms with Gasteiger partial charge in [0.15, 0.2) is 17.3 Å². The Morgan fingerprint density at radius 2 is 2.04 bits per heavy atom. The first-order valence-electron chi connectivity index (χ1n) is 7.74. The van der Waals surface area contributed by atoms with Gasteiger partial charge in [0.2, 0.25) is 0 Å². The van der Waals surface area contributed by atoms with Crippen LogP contribution < -0.4 is 9.47 Å². The van der Waals surface area contributed by atoms with Crippen molar-refractivity contribution in [2.45, 2.75) is 13.5 Å². The SMILES string of the molecule is CCn1c(-c2cnon2)nc2cncc(Oc3cccc(OC)c3)c21. The zero-order valence-corrected chi connectivity index (χ0v) is 13.7. The summed E-state index contributed by atoms with van der Waals surface area (Å²) in [5, 5.41) is 7.53. The molecule has 1 aromatic carbocycles. The van der Waals surface area contributed by atoms with Crippen molar-refractivity contribution in [3.05, 3.63) is 42.9 Å². The van der Waals surface area contributed by atoms with Crippen LogP contribution in [0, 0.1) is 0 Å². The van der Waals surface area contributed by atoms with Gasteiger partial charge in [0.1, 0.15) is 28.7 Å². The molecule has 0 atom stereocenters. The lowest BCUT2D eigenvalue weighted by Crippen LogP contribution is -1.99. The lowest BCUT2D eigenvalue weighted by atomic mass is 10.3. The summed E-state index contributed by atoms with van der Waals surface area (Å²) in [6.45, 7) is 2.70. The van der Waals surface area contributed by atoms with Gasteiger partial charge in [-0.15, -0.1) is 0 Å². The third-order valence-corrected chi connectivity index (χ3v) is 3.79. The van der Waals surface area contributed by atoms with Gasteiger partial charge in [0.05, 0.1) is 19.5 Å². The molecule has 126 valence electrons. The normalized spacial score (nSPS) is 11.0. The molecule has 4 rings (SSSR count). The molecule has 0 aliphatic heterocycles. The quantitative estimate of drug-likeness (QED) is 0.552. The highest BCUT2D eigenvalue weighted by atomic mass is 16.6. The van der Waals surface area contributed by atoms with E-state index in [9.17, 15) is 0 Å².